The number of aromatic nitrogens is 1. The zero-order valence-electron chi connectivity index (χ0n) is 13.7. The monoisotopic (exact) mass is 386 g/mol. The number of benzene rings is 1. The van der Waals surface area contributed by atoms with Crippen molar-refractivity contribution in [3.63, 3.8) is 0 Å². The third-order valence-corrected chi connectivity index (χ3v) is 3.83. The predicted octanol–water partition coefficient (Wildman–Crippen LogP) is 2.59. The first-order valence-electron chi connectivity index (χ1n) is 7.59. The van der Waals surface area contributed by atoms with Crippen LogP contribution in [0, 0.1) is 6.92 Å². The molecule has 3 N–H and O–H groups in total. The van der Waals surface area contributed by atoms with Crippen molar-refractivity contribution in [1.29, 1.82) is 0 Å². The van der Waals surface area contributed by atoms with Gasteiger partial charge >= 0.3 is 0 Å². The molecule has 2 aromatic rings. The summed E-state index contributed by atoms with van der Waals surface area (Å²) in [6.45, 7) is 1.12. The highest BCUT2D eigenvalue weighted by Crippen LogP contribution is 2.26. The highest BCUT2D eigenvalue weighted by atomic mass is 35.5. The van der Waals surface area contributed by atoms with Gasteiger partial charge in [-0.15, -0.1) is 12.4 Å². The standard InChI is InChI=1S/C16H16F2N4O3.ClH/c1-9-12(7-20-25-9)14(23)21-10-2-4-11(5-3-10)22-15(24)13-6-16(17,18)8-19-13;/h2-5,7,13,19H,6,8H2,1H3,(H,21,23)(H,22,24);1H. The Hall–Kier alpha value is -2.52. The van der Waals surface area contributed by atoms with E-state index in [-0.39, 0.29) is 18.3 Å². The molecule has 1 aliphatic heterocycles. The number of hydrogen-bond acceptors (Lipinski definition) is 5. The number of rotatable bonds is 4. The van der Waals surface area contributed by atoms with Crippen LogP contribution in [0.2, 0.25) is 0 Å². The first kappa shape index (κ1) is 19.8. The number of aryl methyl sites for hydroxylation is 1. The number of carbonyl (C=O) groups is 2. The van der Waals surface area contributed by atoms with E-state index in [0.29, 0.717) is 22.7 Å². The molecule has 0 saturated carbocycles. The molecule has 2 amide bonds. The molecule has 7 nitrogen and oxygen atoms in total. The van der Waals surface area contributed by atoms with E-state index in [2.05, 4.69) is 21.1 Å². The molecule has 0 radical (unpaired) electrons. The van der Waals surface area contributed by atoms with Crippen molar-refractivity contribution in [2.24, 2.45) is 0 Å². The number of alkyl halides is 2. The summed E-state index contributed by atoms with van der Waals surface area (Å²) in [5, 5.41) is 11.3. The van der Waals surface area contributed by atoms with Crippen LogP contribution in [0.1, 0.15) is 22.5 Å². The highest BCUT2D eigenvalue weighted by molar-refractivity contribution is 6.04. The zero-order chi connectivity index (χ0) is 18.0. The van der Waals surface area contributed by atoms with Crippen LogP contribution in [0.4, 0.5) is 20.2 Å². The second-order valence-corrected chi connectivity index (χ2v) is 5.81. The summed E-state index contributed by atoms with van der Waals surface area (Å²) >= 11 is 0. The quantitative estimate of drug-likeness (QED) is 0.750. The van der Waals surface area contributed by atoms with Gasteiger partial charge in [0.1, 0.15) is 11.3 Å². The van der Waals surface area contributed by atoms with Crippen molar-refractivity contribution >= 4 is 35.6 Å². The van der Waals surface area contributed by atoms with Crippen molar-refractivity contribution in [3.05, 3.63) is 41.8 Å². The molecule has 26 heavy (non-hydrogen) atoms. The van der Waals surface area contributed by atoms with Gasteiger partial charge in [-0.05, 0) is 31.2 Å². The van der Waals surface area contributed by atoms with Gasteiger partial charge < -0.3 is 15.2 Å². The van der Waals surface area contributed by atoms with Crippen molar-refractivity contribution < 1.29 is 22.9 Å². The lowest BCUT2D eigenvalue weighted by Crippen LogP contribution is -2.35. The van der Waals surface area contributed by atoms with E-state index in [4.69, 9.17) is 4.52 Å². The lowest BCUT2D eigenvalue weighted by molar-refractivity contribution is -0.118. The van der Waals surface area contributed by atoms with Gasteiger partial charge in [-0.25, -0.2) is 8.78 Å². The van der Waals surface area contributed by atoms with Gasteiger partial charge in [0.25, 0.3) is 11.8 Å². The van der Waals surface area contributed by atoms with Crippen LogP contribution < -0.4 is 16.0 Å². The second-order valence-electron chi connectivity index (χ2n) is 5.81. The van der Waals surface area contributed by atoms with E-state index < -0.39 is 30.8 Å². The van der Waals surface area contributed by atoms with Gasteiger partial charge in [-0.1, -0.05) is 5.16 Å². The molecule has 0 aliphatic carbocycles. The van der Waals surface area contributed by atoms with Gasteiger partial charge in [0.05, 0.1) is 18.8 Å². The Balaban J connectivity index is 0.00000243. The average molecular weight is 387 g/mol. The Morgan fingerprint density at radius 1 is 1.23 bits per heavy atom. The Bertz CT molecular complexity index is 795. The van der Waals surface area contributed by atoms with Crippen LogP contribution >= 0.6 is 12.4 Å². The first-order chi connectivity index (χ1) is 11.8. The van der Waals surface area contributed by atoms with Crippen molar-refractivity contribution in [3.8, 4) is 0 Å². The van der Waals surface area contributed by atoms with Gasteiger partial charge in [0.2, 0.25) is 5.91 Å². The topological polar surface area (TPSA) is 96.3 Å². The largest absolute Gasteiger partial charge is 0.361 e. The summed E-state index contributed by atoms with van der Waals surface area (Å²) in [5.41, 5.74) is 1.28. The minimum atomic E-state index is -2.86. The van der Waals surface area contributed by atoms with Crippen LogP contribution in [0.3, 0.4) is 0 Å². The molecule has 1 saturated heterocycles. The zero-order valence-corrected chi connectivity index (χ0v) is 14.5. The number of halogens is 3. The summed E-state index contributed by atoms with van der Waals surface area (Å²) in [4.78, 5) is 24.0. The number of anilines is 2. The van der Waals surface area contributed by atoms with Crippen molar-refractivity contribution in [2.45, 2.75) is 25.3 Å². The summed E-state index contributed by atoms with van der Waals surface area (Å²) in [6.07, 6.45) is 0.800. The molecule has 10 heteroatoms. The van der Waals surface area contributed by atoms with Crippen molar-refractivity contribution in [1.82, 2.24) is 10.5 Å². The van der Waals surface area contributed by atoms with Crippen LogP contribution in [0.5, 0.6) is 0 Å². The molecule has 1 fully saturated rings. The van der Waals surface area contributed by atoms with Crippen molar-refractivity contribution in [2.75, 3.05) is 17.2 Å². The maximum absolute atomic E-state index is 13.1. The number of carbonyl (C=O) groups excluding carboxylic acids is 2. The summed E-state index contributed by atoms with van der Waals surface area (Å²) in [7, 11) is 0. The van der Waals surface area contributed by atoms with E-state index in [9.17, 15) is 18.4 Å². The molecular weight excluding hydrogens is 370 g/mol. The Morgan fingerprint density at radius 3 is 2.35 bits per heavy atom. The molecule has 3 rings (SSSR count). The predicted molar refractivity (Wildman–Crippen MR) is 92.9 cm³/mol. The van der Waals surface area contributed by atoms with E-state index >= 15 is 0 Å². The normalized spacial score (nSPS) is 18.0. The highest BCUT2D eigenvalue weighted by Gasteiger charge is 2.42. The van der Waals surface area contributed by atoms with E-state index in [0.717, 1.165) is 0 Å². The fraction of sp³-hybridized carbons (Fsp3) is 0.312. The fourth-order valence-corrected chi connectivity index (χ4v) is 2.48. The maximum atomic E-state index is 13.1. The smallest absolute Gasteiger partial charge is 0.262 e. The number of hydrogen-bond donors (Lipinski definition) is 3. The number of nitrogens with one attached hydrogen (secondary N) is 3. The molecule has 1 aromatic carbocycles. The fourth-order valence-electron chi connectivity index (χ4n) is 2.48. The molecule has 0 spiro atoms. The van der Waals surface area contributed by atoms with Gasteiger partial charge in [-0.3, -0.25) is 14.9 Å². The lowest BCUT2D eigenvalue weighted by Gasteiger charge is -2.12. The SMILES string of the molecule is Cc1oncc1C(=O)Nc1ccc(NC(=O)C2CC(F)(F)CN2)cc1.Cl. The molecule has 140 valence electrons. The molecule has 1 aliphatic rings. The molecular formula is C16H17ClF2N4O3. The van der Waals surface area contributed by atoms with Gasteiger partial charge in [-0.2, -0.15) is 0 Å². The summed E-state index contributed by atoms with van der Waals surface area (Å²) < 4.78 is 31.1. The van der Waals surface area contributed by atoms with Gasteiger partial charge in [0, 0.05) is 17.8 Å². The number of amides is 2. The first-order valence-corrected chi connectivity index (χ1v) is 7.59. The van der Waals surface area contributed by atoms with Crippen LogP contribution in [-0.4, -0.2) is 35.5 Å². The Morgan fingerprint density at radius 2 is 1.85 bits per heavy atom. The Labute approximate surface area is 153 Å². The second kappa shape index (κ2) is 7.79. The van der Waals surface area contributed by atoms with E-state index in [1.807, 2.05) is 0 Å². The maximum Gasteiger partial charge on any atom is 0.262 e. The minimum Gasteiger partial charge on any atom is -0.361 e. The Kier molecular flexibility index (Phi) is 5.94. The third-order valence-electron chi connectivity index (χ3n) is 3.83. The van der Waals surface area contributed by atoms with Crippen LogP contribution in [0.25, 0.3) is 0 Å². The molecule has 1 aromatic heterocycles. The van der Waals surface area contributed by atoms with E-state index in [1.54, 1.807) is 31.2 Å². The lowest BCUT2D eigenvalue weighted by atomic mass is 10.1. The summed E-state index contributed by atoms with van der Waals surface area (Å²) in [5.74, 6) is -3.35. The minimum absolute atomic E-state index is 0. The molecule has 2 heterocycles. The van der Waals surface area contributed by atoms with E-state index in [1.165, 1.54) is 6.20 Å². The molecule has 0 bridgehead atoms. The number of nitrogens with zero attached hydrogens (tertiary/aromatic N) is 1. The summed E-state index contributed by atoms with van der Waals surface area (Å²) in [6, 6.07) is 5.40. The third kappa shape index (κ3) is 4.55. The molecule has 1 atom stereocenters. The van der Waals surface area contributed by atoms with Gasteiger partial charge in [0.15, 0.2) is 0 Å². The average Bonchev–Trinajstić information content (AvgIpc) is 3.14. The van der Waals surface area contributed by atoms with Crippen LogP contribution in [-0.2, 0) is 4.79 Å². The van der Waals surface area contributed by atoms with Crippen LogP contribution in [0.15, 0.2) is 35.0 Å². The molecule has 1 unspecified atom stereocenters.